The number of furan rings is 1. The van der Waals surface area contributed by atoms with Gasteiger partial charge in [-0.1, -0.05) is 176 Å². The normalized spacial score (nSPS) is 11.6. The Labute approximate surface area is 352 Å². The predicted molar refractivity (Wildman–Crippen MR) is 252 cm³/mol. The second-order valence-corrected chi connectivity index (χ2v) is 15.6. The standard InChI is InChI=1S/C57H35N3O/c1-3-12-36(13-4-1)38-22-24-40(25-23-38)51-35-46(34-44-17-8-9-18-47(44)51)56-58-55(45-29-28-42-32-41(26-27-43(42)33-45)37-14-5-2-6-15-37)59-57(60-56)50-20-11-21-52-53(50)49-31-30-39-16-7-10-19-48(39)54(49)61-52/h1-35H. The van der Waals surface area contributed by atoms with Crippen LogP contribution in [0.5, 0.6) is 0 Å². The van der Waals surface area contributed by atoms with Crippen molar-refractivity contribution in [3.8, 4) is 67.5 Å². The average molecular weight is 778 g/mol. The molecule has 0 unspecified atom stereocenters. The third-order valence-corrected chi connectivity index (χ3v) is 11.9. The zero-order valence-corrected chi connectivity index (χ0v) is 33.0. The maximum Gasteiger partial charge on any atom is 0.164 e. The molecule has 2 aromatic heterocycles. The van der Waals surface area contributed by atoms with Crippen molar-refractivity contribution in [1.29, 1.82) is 0 Å². The Morgan fingerprint density at radius 2 is 0.820 bits per heavy atom. The molecule has 0 aliphatic rings. The van der Waals surface area contributed by atoms with Gasteiger partial charge in [0.2, 0.25) is 0 Å². The van der Waals surface area contributed by atoms with Crippen molar-refractivity contribution in [2.24, 2.45) is 0 Å². The fourth-order valence-corrected chi connectivity index (χ4v) is 8.84. The highest BCUT2D eigenvalue weighted by Gasteiger charge is 2.20. The van der Waals surface area contributed by atoms with Crippen molar-refractivity contribution in [1.82, 2.24) is 15.0 Å². The Morgan fingerprint density at radius 3 is 1.59 bits per heavy atom. The number of benzene rings is 10. The summed E-state index contributed by atoms with van der Waals surface area (Å²) in [5, 5.41) is 8.76. The van der Waals surface area contributed by atoms with Gasteiger partial charge in [-0.05, 0) is 96.7 Å². The number of nitrogens with zero attached hydrogens (tertiary/aromatic N) is 3. The highest BCUT2D eigenvalue weighted by atomic mass is 16.3. The summed E-state index contributed by atoms with van der Waals surface area (Å²) in [6.45, 7) is 0. The van der Waals surface area contributed by atoms with Crippen LogP contribution in [0.4, 0.5) is 0 Å². The minimum absolute atomic E-state index is 0.586. The van der Waals surface area contributed by atoms with Crippen LogP contribution in [0, 0.1) is 0 Å². The summed E-state index contributed by atoms with van der Waals surface area (Å²) >= 11 is 0. The van der Waals surface area contributed by atoms with E-state index in [1.54, 1.807) is 0 Å². The number of fused-ring (bicyclic) bond motifs is 7. The van der Waals surface area contributed by atoms with E-state index in [1.807, 2.05) is 18.2 Å². The predicted octanol–water partition coefficient (Wildman–Crippen LogP) is 15.2. The summed E-state index contributed by atoms with van der Waals surface area (Å²) in [5.41, 5.74) is 11.3. The minimum Gasteiger partial charge on any atom is -0.455 e. The van der Waals surface area contributed by atoms with E-state index in [9.17, 15) is 0 Å². The molecule has 0 saturated heterocycles. The van der Waals surface area contributed by atoms with Crippen LogP contribution in [0.3, 0.4) is 0 Å². The Bertz CT molecular complexity index is 3630. The van der Waals surface area contributed by atoms with E-state index >= 15 is 0 Å². The molecule has 0 saturated carbocycles. The molecule has 0 aliphatic carbocycles. The third kappa shape index (κ3) is 6.12. The Kier molecular flexibility index (Phi) is 8.13. The molecular weight excluding hydrogens is 743 g/mol. The van der Waals surface area contributed by atoms with Gasteiger partial charge in [0.15, 0.2) is 17.5 Å². The molecule has 0 fully saturated rings. The highest BCUT2D eigenvalue weighted by molar-refractivity contribution is 6.18. The van der Waals surface area contributed by atoms with Crippen molar-refractivity contribution in [2.45, 2.75) is 0 Å². The zero-order chi connectivity index (χ0) is 40.3. The number of hydrogen-bond acceptors (Lipinski definition) is 4. The molecule has 0 spiro atoms. The lowest BCUT2D eigenvalue weighted by atomic mass is 9.94. The molecule has 12 rings (SSSR count). The van der Waals surface area contributed by atoms with Gasteiger partial charge in [-0.2, -0.15) is 0 Å². The maximum atomic E-state index is 6.63. The van der Waals surface area contributed by atoms with Crippen LogP contribution in [0.15, 0.2) is 217 Å². The largest absolute Gasteiger partial charge is 0.455 e. The van der Waals surface area contributed by atoms with Crippen LogP contribution in [-0.4, -0.2) is 15.0 Å². The quantitative estimate of drug-likeness (QED) is 0.169. The second kappa shape index (κ2) is 14.3. The molecule has 0 bridgehead atoms. The molecular formula is C57H35N3O. The molecule has 0 N–H and O–H groups in total. The smallest absolute Gasteiger partial charge is 0.164 e. The average Bonchev–Trinajstić information content (AvgIpc) is 3.73. The van der Waals surface area contributed by atoms with Gasteiger partial charge >= 0.3 is 0 Å². The summed E-state index contributed by atoms with van der Waals surface area (Å²) < 4.78 is 6.63. The van der Waals surface area contributed by atoms with E-state index in [0.717, 1.165) is 76.7 Å². The summed E-state index contributed by atoms with van der Waals surface area (Å²) in [7, 11) is 0. The van der Waals surface area contributed by atoms with Crippen molar-refractivity contribution in [2.75, 3.05) is 0 Å². The van der Waals surface area contributed by atoms with Gasteiger partial charge in [0.05, 0.1) is 0 Å². The monoisotopic (exact) mass is 777 g/mol. The maximum absolute atomic E-state index is 6.63. The van der Waals surface area contributed by atoms with Crippen LogP contribution in [0.2, 0.25) is 0 Å². The Morgan fingerprint density at radius 1 is 0.279 bits per heavy atom. The molecule has 0 radical (unpaired) electrons. The Hall–Kier alpha value is -8.21. The van der Waals surface area contributed by atoms with E-state index in [0.29, 0.717) is 17.5 Å². The van der Waals surface area contributed by atoms with Crippen LogP contribution in [0.1, 0.15) is 0 Å². The lowest BCUT2D eigenvalue weighted by Crippen LogP contribution is -2.01. The molecule has 61 heavy (non-hydrogen) atoms. The minimum atomic E-state index is 0.586. The van der Waals surface area contributed by atoms with Crippen molar-refractivity contribution in [3.05, 3.63) is 212 Å². The van der Waals surface area contributed by atoms with E-state index in [2.05, 4.69) is 194 Å². The van der Waals surface area contributed by atoms with Crippen LogP contribution < -0.4 is 0 Å². The van der Waals surface area contributed by atoms with Gasteiger partial charge in [-0.15, -0.1) is 0 Å². The fourth-order valence-electron chi connectivity index (χ4n) is 8.84. The first-order chi connectivity index (χ1) is 30.2. The molecule has 10 aromatic carbocycles. The van der Waals surface area contributed by atoms with Gasteiger partial charge in [-0.3, -0.25) is 0 Å². The van der Waals surface area contributed by atoms with E-state index in [-0.39, 0.29) is 0 Å². The fraction of sp³-hybridized carbons (Fsp3) is 0. The van der Waals surface area contributed by atoms with Gasteiger partial charge in [-0.25, -0.2) is 15.0 Å². The summed E-state index contributed by atoms with van der Waals surface area (Å²) in [4.78, 5) is 15.9. The first-order valence-electron chi connectivity index (χ1n) is 20.6. The molecule has 0 atom stereocenters. The molecule has 4 nitrogen and oxygen atoms in total. The number of rotatable bonds is 6. The van der Waals surface area contributed by atoms with E-state index < -0.39 is 0 Å². The lowest BCUT2D eigenvalue weighted by molar-refractivity contribution is 0.672. The molecule has 2 heterocycles. The molecule has 0 aliphatic heterocycles. The van der Waals surface area contributed by atoms with Crippen molar-refractivity contribution in [3.63, 3.8) is 0 Å². The van der Waals surface area contributed by atoms with Crippen molar-refractivity contribution < 1.29 is 4.42 Å². The van der Waals surface area contributed by atoms with E-state index in [1.165, 1.54) is 27.6 Å². The first kappa shape index (κ1) is 34.8. The highest BCUT2D eigenvalue weighted by Crippen LogP contribution is 2.41. The Balaban J connectivity index is 1.06. The summed E-state index contributed by atoms with van der Waals surface area (Å²) in [6.07, 6.45) is 0. The van der Waals surface area contributed by atoms with E-state index in [4.69, 9.17) is 19.4 Å². The molecule has 12 aromatic rings. The summed E-state index contributed by atoms with van der Waals surface area (Å²) in [5.74, 6) is 1.79. The van der Waals surface area contributed by atoms with Crippen molar-refractivity contribution >= 4 is 54.3 Å². The second-order valence-electron chi connectivity index (χ2n) is 15.6. The first-order valence-corrected chi connectivity index (χ1v) is 20.6. The number of aromatic nitrogens is 3. The number of hydrogen-bond donors (Lipinski definition) is 0. The molecule has 0 amide bonds. The molecule has 284 valence electrons. The van der Waals surface area contributed by atoms with Gasteiger partial charge < -0.3 is 4.42 Å². The zero-order valence-electron chi connectivity index (χ0n) is 33.0. The molecule has 4 heteroatoms. The SMILES string of the molecule is c1ccc(-c2ccc(-c3cc(-c4nc(-c5ccc6cc(-c7ccccc7)ccc6c5)nc(-c5cccc6oc7c8ccccc8ccc7c56)n4)cc4ccccc34)cc2)cc1. The van der Waals surface area contributed by atoms with Gasteiger partial charge in [0.25, 0.3) is 0 Å². The van der Waals surface area contributed by atoms with Gasteiger partial charge in [0.1, 0.15) is 11.2 Å². The third-order valence-electron chi connectivity index (χ3n) is 11.9. The lowest BCUT2D eigenvalue weighted by Gasteiger charge is -2.13. The van der Waals surface area contributed by atoms with Crippen LogP contribution in [-0.2, 0) is 0 Å². The topological polar surface area (TPSA) is 51.8 Å². The van der Waals surface area contributed by atoms with Gasteiger partial charge in [0, 0.05) is 32.8 Å². The summed E-state index contributed by atoms with van der Waals surface area (Å²) in [6, 6.07) is 74.7. The van der Waals surface area contributed by atoms with Crippen LogP contribution >= 0.6 is 0 Å². The van der Waals surface area contributed by atoms with Crippen LogP contribution in [0.25, 0.3) is 122 Å².